The molecular weight excluding hydrogens is 389 g/mol. The number of nitrogens with zero attached hydrogens (tertiary/aromatic N) is 2. The van der Waals surface area contributed by atoms with Crippen molar-refractivity contribution in [2.75, 3.05) is 33.9 Å². The summed E-state index contributed by atoms with van der Waals surface area (Å²) < 4.78 is 5.57. The Morgan fingerprint density at radius 3 is 2.45 bits per heavy atom. The van der Waals surface area contributed by atoms with Gasteiger partial charge in [0.1, 0.15) is 0 Å². The van der Waals surface area contributed by atoms with E-state index in [1.807, 2.05) is 14.1 Å². The van der Waals surface area contributed by atoms with Gasteiger partial charge < -0.3 is 15.0 Å². The molecule has 1 aromatic rings. The van der Waals surface area contributed by atoms with Crippen LogP contribution in [0.3, 0.4) is 0 Å². The van der Waals surface area contributed by atoms with Gasteiger partial charge in [-0.1, -0.05) is 43.7 Å². The number of aliphatic imine (C=N–C) groups is 1. The first-order valence-electron chi connectivity index (χ1n) is 7.58. The summed E-state index contributed by atoms with van der Waals surface area (Å²) in [6, 6.07) is 8.59. The minimum absolute atomic E-state index is 0. The third-order valence-electron chi connectivity index (χ3n) is 3.09. The van der Waals surface area contributed by atoms with Crippen LogP contribution in [-0.2, 0) is 11.3 Å². The van der Waals surface area contributed by atoms with Crippen molar-refractivity contribution in [2.45, 2.75) is 27.3 Å². The highest BCUT2D eigenvalue weighted by molar-refractivity contribution is 14.0. The highest BCUT2D eigenvalue weighted by atomic mass is 127. The number of aryl methyl sites for hydroxylation is 1. The lowest BCUT2D eigenvalue weighted by molar-refractivity contribution is 0.114. The molecule has 0 aliphatic heterocycles. The standard InChI is InChI=1S/C17H29N3O.HI/c1-14(2)13-21-11-10-19-17(18-4)20(5)12-16-8-6-15(3)7-9-16;/h6-9,14H,10-13H2,1-5H3,(H,18,19);1H. The van der Waals surface area contributed by atoms with Crippen molar-refractivity contribution in [3.63, 3.8) is 0 Å². The first-order chi connectivity index (χ1) is 10.0. The monoisotopic (exact) mass is 419 g/mol. The van der Waals surface area contributed by atoms with Crippen LogP contribution in [0.2, 0.25) is 0 Å². The van der Waals surface area contributed by atoms with Gasteiger partial charge in [-0.25, -0.2) is 0 Å². The van der Waals surface area contributed by atoms with Crippen molar-refractivity contribution < 1.29 is 4.74 Å². The van der Waals surface area contributed by atoms with E-state index in [4.69, 9.17) is 4.74 Å². The number of ether oxygens (including phenoxy) is 1. The number of halogens is 1. The van der Waals surface area contributed by atoms with E-state index in [-0.39, 0.29) is 24.0 Å². The smallest absolute Gasteiger partial charge is 0.193 e. The number of hydrogen-bond donors (Lipinski definition) is 1. The van der Waals surface area contributed by atoms with Gasteiger partial charge in [0.25, 0.3) is 0 Å². The molecule has 0 bridgehead atoms. The zero-order chi connectivity index (χ0) is 15.7. The fraction of sp³-hybridized carbons (Fsp3) is 0.588. The Morgan fingerprint density at radius 2 is 1.91 bits per heavy atom. The second kappa shape index (κ2) is 11.7. The number of benzene rings is 1. The molecule has 0 saturated carbocycles. The van der Waals surface area contributed by atoms with Crippen LogP contribution in [0.5, 0.6) is 0 Å². The van der Waals surface area contributed by atoms with Crippen LogP contribution in [0.25, 0.3) is 0 Å². The van der Waals surface area contributed by atoms with Gasteiger partial charge in [0.2, 0.25) is 0 Å². The van der Waals surface area contributed by atoms with Crippen LogP contribution in [0.4, 0.5) is 0 Å². The van der Waals surface area contributed by atoms with Gasteiger partial charge in [0, 0.05) is 33.8 Å². The number of guanidine groups is 1. The molecular formula is C17H30IN3O. The molecule has 1 rings (SSSR count). The van der Waals surface area contributed by atoms with E-state index in [0.29, 0.717) is 12.5 Å². The third-order valence-corrected chi connectivity index (χ3v) is 3.09. The molecule has 0 aromatic heterocycles. The Balaban J connectivity index is 0.00000441. The normalized spacial score (nSPS) is 11.3. The number of rotatable bonds is 7. The number of hydrogen-bond acceptors (Lipinski definition) is 2. The molecule has 0 aliphatic rings. The molecule has 0 spiro atoms. The molecule has 0 unspecified atom stereocenters. The Bertz CT molecular complexity index is 432. The van der Waals surface area contributed by atoms with E-state index < -0.39 is 0 Å². The minimum atomic E-state index is 0. The van der Waals surface area contributed by atoms with Crippen molar-refractivity contribution in [1.29, 1.82) is 0 Å². The molecule has 22 heavy (non-hydrogen) atoms. The zero-order valence-electron chi connectivity index (χ0n) is 14.4. The number of nitrogens with one attached hydrogen (secondary N) is 1. The van der Waals surface area contributed by atoms with Crippen molar-refractivity contribution in [2.24, 2.45) is 10.9 Å². The average molecular weight is 419 g/mol. The maximum atomic E-state index is 5.57. The second-order valence-corrected chi connectivity index (χ2v) is 5.78. The van der Waals surface area contributed by atoms with Gasteiger partial charge in [-0.3, -0.25) is 4.99 Å². The van der Waals surface area contributed by atoms with Crippen LogP contribution in [0, 0.1) is 12.8 Å². The molecule has 0 radical (unpaired) electrons. The molecule has 5 heteroatoms. The summed E-state index contributed by atoms with van der Waals surface area (Å²) in [6.45, 7) is 9.54. The largest absolute Gasteiger partial charge is 0.379 e. The molecule has 0 fully saturated rings. The second-order valence-electron chi connectivity index (χ2n) is 5.78. The van der Waals surface area contributed by atoms with Gasteiger partial charge in [-0.05, 0) is 18.4 Å². The highest BCUT2D eigenvalue weighted by Gasteiger charge is 2.06. The van der Waals surface area contributed by atoms with Crippen molar-refractivity contribution in [3.8, 4) is 0 Å². The summed E-state index contributed by atoms with van der Waals surface area (Å²) in [6.07, 6.45) is 0. The molecule has 0 amide bonds. The first kappa shape index (κ1) is 21.2. The predicted octanol–water partition coefficient (Wildman–Crippen LogP) is 3.29. The fourth-order valence-corrected chi connectivity index (χ4v) is 1.98. The lowest BCUT2D eigenvalue weighted by atomic mass is 10.1. The van der Waals surface area contributed by atoms with Crippen LogP contribution in [0.15, 0.2) is 29.3 Å². The maximum absolute atomic E-state index is 5.57. The van der Waals surface area contributed by atoms with E-state index in [9.17, 15) is 0 Å². The Kier molecular flexibility index (Phi) is 11.3. The molecule has 1 aromatic carbocycles. The zero-order valence-corrected chi connectivity index (χ0v) is 16.8. The van der Waals surface area contributed by atoms with Crippen LogP contribution in [-0.4, -0.2) is 44.7 Å². The highest BCUT2D eigenvalue weighted by Crippen LogP contribution is 2.05. The Hall–Kier alpha value is -0.820. The summed E-state index contributed by atoms with van der Waals surface area (Å²) in [5.41, 5.74) is 2.56. The quantitative estimate of drug-likeness (QED) is 0.319. The third kappa shape index (κ3) is 8.58. The van der Waals surface area contributed by atoms with Crippen LogP contribution < -0.4 is 5.32 Å². The summed E-state index contributed by atoms with van der Waals surface area (Å²) in [7, 11) is 3.85. The van der Waals surface area contributed by atoms with Crippen molar-refractivity contribution >= 4 is 29.9 Å². The fourth-order valence-electron chi connectivity index (χ4n) is 1.98. The van der Waals surface area contributed by atoms with Gasteiger partial charge in [-0.2, -0.15) is 0 Å². The van der Waals surface area contributed by atoms with E-state index in [1.54, 1.807) is 0 Å². The van der Waals surface area contributed by atoms with E-state index in [0.717, 1.165) is 25.7 Å². The average Bonchev–Trinajstić information content (AvgIpc) is 2.45. The summed E-state index contributed by atoms with van der Waals surface area (Å²) >= 11 is 0. The molecule has 0 atom stereocenters. The van der Waals surface area contributed by atoms with E-state index in [2.05, 4.69) is 60.2 Å². The maximum Gasteiger partial charge on any atom is 0.193 e. The first-order valence-corrected chi connectivity index (χ1v) is 7.58. The van der Waals surface area contributed by atoms with Crippen molar-refractivity contribution in [1.82, 2.24) is 10.2 Å². The summed E-state index contributed by atoms with van der Waals surface area (Å²) in [4.78, 5) is 6.43. The topological polar surface area (TPSA) is 36.9 Å². The van der Waals surface area contributed by atoms with Crippen LogP contribution >= 0.6 is 24.0 Å². The summed E-state index contributed by atoms with van der Waals surface area (Å²) in [5, 5.41) is 3.33. The van der Waals surface area contributed by atoms with Crippen molar-refractivity contribution in [3.05, 3.63) is 35.4 Å². The van der Waals surface area contributed by atoms with Gasteiger partial charge >= 0.3 is 0 Å². The molecule has 126 valence electrons. The minimum Gasteiger partial charge on any atom is -0.379 e. The van der Waals surface area contributed by atoms with E-state index >= 15 is 0 Å². The van der Waals surface area contributed by atoms with E-state index in [1.165, 1.54) is 11.1 Å². The Labute approximate surface area is 152 Å². The molecule has 0 saturated heterocycles. The lowest BCUT2D eigenvalue weighted by Crippen LogP contribution is -2.40. The predicted molar refractivity (Wildman–Crippen MR) is 105 cm³/mol. The molecule has 0 heterocycles. The molecule has 1 N–H and O–H groups in total. The lowest BCUT2D eigenvalue weighted by Gasteiger charge is -2.22. The Morgan fingerprint density at radius 1 is 1.27 bits per heavy atom. The van der Waals surface area contributed by atoms with Crippen LogP contribution in [0.1, 0.15) is 25.0 Å². The molecule has 0 aliphatic carbocycles. The van der Waals surface area contributed by atoms with Gasteiger partial charge in [-0.15, -0.1) is 24.0 Å². The van der Waals surface area contributed by atoms with Gasteiger partial charge in [0.15, 0.2) is 5.96 Å². The van der Waals surface area contributed by atoms with Gasteiger partial charge in [0.05, 0.1) is 6.61 Å². The summed E-state index contributed by atoms with van der Waals surface area (Å²) in [5.74, 6) is 1.47. The SMILES string of the molecule is CN=C(NCCOCC(C)C)N(C)Cc1ccc(C)cc1.I. The molecule has 4 nitrogen and oxygen atoms in total.